The molecule has 1 aliphatic carbocycles. The van der Waals surface area contributed by atoms with Crippen molar-refractivity contribution in [2.75, 3.05) is 0 Å². The zero-order valence-corrected chi connectivity index (χ0v) is 17.4. The molecule has 0 bridgehead atoms. The number of aryl methyl sites for hydroxylation is 1. The second-order valence-corrected chi connectivity index (χ2v) is 8.81. The van der Waals surface area contributed by atoms with Gasteiger partial charge in [-0.05, 0) is 54.3 Å². The van der Waals surface area contributed by atoms with Gasteiger partial charge in [-0.25, -0.2) is 0 Å². The fourth-order valence-corrected chi connectivity index (χ4v) is 5.01. The van der Waals surface area contributed by atoms with Crippen LogP contribution in [-0.4, -0.2) is 15.5 Å². The lowest BCUT2D eigenvalue weighted by molar-refractivity contribution is 0.474. The summed E-state index contributed by atoms with van der Waals surface area (Å²) in [4.78, 5) is 0. The molecule has 146 valence electrons. The third kappa shape index (κ3) is 3.83. The van der Waals surface area contributed by atoms with E-state index in [9.17, 15) is 5.11 Å². The van der Waals surface area contributed by atoms with Crippen LogP contribution in [0.1, 0.15) is 16.7 Å². The van der Waals surface area contributed by atoms with E-state index in [0.29, 0.717) is 5.25 Å². The zero-order valence-electron chi connectivity index (χ0n) is 16.5. The van der Waals surface area contributed by atoms with E-state index in [1.807, 2.05) is 23.9 Å². The second-order valence-electron chi connectivity index (χ2n) is 7.39. The molecule has 1 aliphatic heterocycles. The molecule has 3 heteroatoms. The smallest absolute Gasteiger partial charge is 0.123 e. The van der Waals surface area contributed by atoms with Gasteiger partial charge in [0.05, 0.1) is 4.75 Å². The van der Waals surface area contributed by atoms with Crippen molar-refractivity contribution in [3.05, 3.63) is 108 Å². The number of aromatic hydroxyl groups is 2. The van der Waals surface area contributed by atoms with Crippen LogP contribution in [0.5, 0.6) is 11.5 Å². The molecule has 3 aromatic carbocycles. The maximum atomic E-state index is 9.57. The van der Waals surface area contributed by atoms with Crippen molar-refractivity contribution in [2.24, 2.45) is 0 Å². The molecule has 3 aromatic rings. The summed E-state index contributed by atoms with van der Waals surface area (Å²) in [6.07, 6.45) is 9.00. The molecule has 2 atom stereocenters. The molecule has 5 rings (SSSR count). The number of hydrogen-bond donors (Lipinski definition) is 2. The van der Waals surface area contributed by atoms with Gasteiger partial charge in [0.25, 0.3) is 0 Å². The van der Waals surface area contributed by atoms with Crippen LogP contribution in [0.2, 0.25) is 0 Å². The number of benzene rings is 3. The second kappa shape index (κ2) is 7.84. The molecule has 0 saturated carbocycles. The van der Waals surface area contributed by atoms with Crippen LogP contribution < -0.4 is 0 Å². The van der Waals surface area contributed by atoms with Crippen molar-refractivity contribution >= 4 is 11.8 Å². The normalized spacial score (nSPS) is 21.1. The highest BCUT2D eigenvalue weighted by molar-refractivity contribution is 8.08. The Kier molecular flexibility index (Phi) is 5.25. The highest BCUT2D eigenvalue weighted by Gasteiger charge is 2.54. The van der Waals surface area contributed by atoms with Crippen LogP contribution >= 0.6 is 11.8 Å². The Morgan fingerprint density at radius 2 is 1.59 bits per heavy atom. The van der Waals surface area contributed by atoms with Crippen LogP contribution in [0.4, 0.5) is 0 Å². The van der Waals surface area contributed by atoms with E-state index in [1.165, 1.54) is 16.7 Å². The SMILES string of the molecule is Cc1cccc(C23C=CC=CC2S3)c1C.Oc1ccc(-c2ccccc2O)cc1. The summed E-state index contributed by atoms with van der Waals surface area (Å²) in [7, 11) is 0. The lowest BCUT2D eigenvalue weighted by Crippen LogP contribution is -2.11. The average molecular weight is 401 g/mol. The van der Waals surface area contributed by atoms with Crippen molar-refractivity contribution < 1.29 is 10.2 Å². The number of fused-ring (bicyclic) bond motifs is 1. The predicted octanol–water partition coefficient (Wildman–Crippen LogP) is 6.50. The third-order valence-electron chi connectivity index (χ3n) is 5.54. The van der Waals surface area contributed by atoms with Crippen molar-refractivity contribution in [3.63, 3.8) is 0 Å². The molecular formula is C26H24O2S. The summed E-state index contributed by atoms with van der Waals surface area (Å²) in [5, 5.41) is 19.4. The summed E-state index contributed by atoms with van der Waals surface area (Å²) in [5.74, 6) is 0.474. The molecule has 1 saturated heterocycles. The monoisotopic (exact) mass is 400 g/mol. The standard InChI is InChI=1S/C14H14S.C12H10O2/c1-10-6-5-7-12(11(10)2)14-9-4-3-8-13(14)15-14;13-10-7-5-9(6-8-10)11-3-1-2-4-12(11)14/h3-9,13H,1-2H3;1-8,13-14H. The number of hydrogen-bond acceptors (Lipinski definition) is 3. The summed E-state index contributed by atoms with van der Waals surface area (Å²) in [5.41, 5.74) is 6.01. The van der Waals surface area contributed by atoms with Crippen LogP contribution in [0, 0.1) is 13.8 Å². The fraction of sp³-hybridized carbons (Fsp3) is 0.154. The molecule has 2 unspecified atom stereocenters. The quantitative estimate of drug-likeness (QED) is 0.482. The first kappa shape index (κ1) is 19.4. The zero-order chi connectivity index (χ0) is 20.4. The molecule has 0 radical (unpaired) electrons. The minimum Gasteiger partial charge on any atom is -0.508 e. The van der Waals surface area contributed by atoms with Gasteiger partial charge < -0.3 is 10.2 Å². The summed E-state index contributed by atoms with van der Waals surface area (Å²) in [6, 6.07) is 20.5. The third-order valence-corrected chi connectivity index (χ3v) is 7.07. The maximum absolute atomic E-state index is 9.57. The van der Waals surface area contributed by atoms with Gasteiger partial charge in [-0.2, -0.15) is 0 Å². The van der Waals surface area contributed by atoms with Crippen LogP contribution in [0.3, 0.4) is 0 Å². The van der Waals surface area contributed by atoms with Crippen molar-refractivity contribution in [1.82, 2.24) is 0 Å². The lowest BCUT2D eigenvalue weighted by Gasteiger charge is -2.16. The van der Waals surface area contributed by atoms with E-state index >= 15 is 0 Å². The number of allylic oxidation sites excluding steroid dienone is 2. The Hall–Kier alpha value is -2.91. The summed E-state index contributed by atoms with van der Waals surface area (Å²) in [6.45, 7) is 4.43. The van der Waals surface area contributed by atoms with E-state index < -0.39 is 0 Å². The molecule has 29 heavy (non-hydrogen) atoms. The summed E-state index contributed by atoms with van der Waals surface area (Å²) < 4.78 is 0.269. The van der Waals surface area contributed by atoms with Gasteiger partial charge >= 0.3 is 0 Å². The van der Waals surface area contributed by atoms with Crippen molar-refractivity contribution in [3.8, 4) is 22.6 Å². The Balaban J connectivity index is 0.000000142. The first-order valence-electron chi connectivity index (χ1n) is 9.69. The van der Waals surface area contributed by atoms with Gasteiger partial charge in [0.1, 0.15) is 11.5 Å². The van der Waals surface area contributed by atoms with Crippen molar-refractivity contribution in [2.45, 2.75) is 23.8 Å². The van der Waals surface area contributed by atoms with Gasteiger partial charge in [0, 0.05) is 10.8 Å². The topological polar surface area (TPSA) is 40.5 Å². The molecule has 0 amide bonds. The van der Waals surface area contributed by atoms with Gasteiger partial charge in [-0.1, -0.05) is 72.8 Å². The molecule has 2 nitrogen and oxygen atoms in total. The average Bonchev–Trinajstić information content (AvgIpc) is 3.47. The Labute approximate surface area is 176 Å². The first-order valence-corrected chi connectivity index (χ1v) is 10.6. The number of phenols is 2. The summed E-state index contributed by atoms with van der Waals surface area (Å²) >= 11 is 2.05. The fourth-order valence-electron chi connectivity index (χ4n) is 3.70. The molecule has 1 heterocycles. The van der Waals surface area contributed by atoms with E-state index in [2.05, 4.69) is 56.4 Å². The Morgan fingerprint density at radius 1 is 0.828 bits per heavy atom. The highest BCUT2D eigenvalue weighted by atomic mass is 32.2. The van der Waals surface area contributed by atoms with Crippen molar-refractivity contribution in [1.29, 1.82) is 0 Å². The van der Waals surface area contributed by atoms with E-state index in [0.717, 1.165) is 11.1 Å². The van der Waals surface area contributed by atoms with Gasteiger partial charge in [-0.3, -0.25) is 0 Å². The first-order chi connectivity index (χ1) is 14.0. The highest BCUT2D eigenvalue weighted by Crippen LogP contribution is 2.64. The van der Waals surface area contributed by atoms with Gasteiger partial charge in [0.2, 0.25) is 0 Å². The molecule has 1 fully saturated rings. The lowest BCUT2D eigenvalue weighted by atomic mass is 9.88. The minimum atomic E-state index is 0.226. The van der Waals surface area contributed by atoms with Gasteiger partial charge in [-0.15, -0.1) is 11.8 Å². The van der Waals surface area contributed by atoms with Crippen LogP contribution in [-0.2, 0) is 4.75 Å². The molecular weight excluding hydrogens is 376 g/mol. The number of phenolic OH excluding ortho intramolecular Hbond substituents is 2. The maximum Gasteiger partial charge on any atom is 0.123 e. The van der Waals surface area contributed by atoms with E-state index in [1.54, 1.807) is 36.4 Å². The molecule has 2 aliphatic rings. The van der Waals surface area contributed by atoms with E-state index in [-0.39, 0.29) is 16.2 Å². The van der Waals surface area contributed by atoms with Gasteiger partial charge in [0.15, 0.2) is 0 Å². The molecule has 0 aromatic heterocycles. The minimum absolute atomic E-state index is 0.226. The molecule has 2 N–H and O–H groups in total. The predicted molar refractivity (Wildman–Crippen MR) is 122 cm³/mol. The van der Waals surface area contributed by atoms with Crippen LogP contribution in [0.25, 0.3) is 11.1 Å². The van der Waals surface area contributed by atoms with E-state index in [4.69, 9.17) is 5.11 Å². The number of rotatable bonds is 2. The number of thioether (sulfide) groups is 1. The van der Waals surface area contributed by atoms with Crippen LogP contribution in [0.15, 0.2) is 91.0 Å². The number of para-hydroxylation sites is 1. The molecule has 0 spiro atoms. The Morgan fingerprint density at radius 3 is 2.31 bits per heavy atom. The largest absolute Gasteiger partial charge is 0.508 e. The Bertz CT molecular complexity index is 1080.